The lowest BCUT2D eigenvalue weighted by atomic mass is 9.90. The number of hydrogen-bond donors (Lipinski definition) is 1. The lowest BCUT2D eigenvalue weighted by molar-refractivity contribution is 0.373. The van der Waals surface area contributed by atoms with Crippen LogP contribution in [-0.4, -0.2) is 9.55 Å². The Morgan fingerprint density at radius 3 is 2.61 bits per heavy atom. The smallest absolute Gasteiger partial charge is 0.109 e. The third-order valence-electron chi connectivity index (χ3n) is 3.37. The number of rotatable bonds is 3. The summed E-state index contributed by atoms with van der Waals surface area (Å²) in [6, 6.07) is 6.27. The van der Waals surface area contributed by atoms with E-state index in [2.05, 4.69) is 50.6 Å². The Kier molecular flexibility index (Phi) is 3.44. The van der Waals surface area contributed by atoms with Gasteiger partial charge in [0, 0.05) is 20.0 Å². The van der Waals surface area contributed by atoms with Crippen molar-refractivity contribution in [3.63, 3.8) is 0 Å². The Bertz CT molecular complexity index is 547. The SMILES string of the molecule is Cn1c(CCC(C)(C)C)nc2ccc(CN)cc21. The van der Waals surface area contributed by atoms with Crippen LogP contribution in [-0.2, 0) is 20.0 Å². The fourth-order valence-corrected chi connectivity index (χ4v) is 2.12. The fraction of sp³-hybridized carbons (Fsp3) is 0.533. The van der Waals surface area contributed by atoms with Crippen LogP contribution in [0, 0.1) is 5.41 Å². The zero-order chi connectivity index (χ0) is 13.3. The fourth-order valence-electron chi connectivity index (χ4n) is 2.12. The van der Waals surface area contributed by atoms with Gasteiger partial charge in [0.2, 0.25) is 0 Å². The highest BCUT2D eigenvalue weighted by Crippen LogP contribution is 2.23. The lowest BCUT2D eigenvalue weighted by Crippen LogP contribution is -2.09. The van der Waals surface area contributed by atoms with Crippen LogP contribution >= 0.6 is 0 Å². The topological polar surface area (TPSA) is 43.8 Å². The molecule has 0 fully saturated rings. The first-order valence-corrected chi connectivity index (χ1v) is 6.55. The normalized spacial score (nSPS) is 12.3. The number of nitrogens with zero attached hydrogens (tertiary/aromatic N) is 2. The molecule has 0 aliphatic carbocycles. The average molecular weight is 245 g/mol. The quantitative estimate of drug-likeness (QED) is 0.903. The van der Waals surface area contributed by atoms with Gasteiger partial charge in [-0.2, -0.15) is 0 Å². The van der Waals surface area contributed by atoms with Crippen molar-refractivity contribution in [1.29, 1.82) is 0 Å². The van der Waals surface area contributed by atoms with E-state index in [4.69, 9.17) is 10.7 Å². The molecule has 98 valence electrons. The van der Waals surface area contributed by atoms with E-state index in [1.54, 1.807) is 0 Å². The summed E-state index contributed by atoms with van der Waals surface area (Å²) in [5.41, 5.74) is 9.44. The van der Waals surface area contributed by atoms with Gasteiger partial charge in [0.25, 0.3) is 0 Å². The van der Waals surface area contributed by atoms with Crippen molar-refractivity contribution in [3.8, 4) is 0 Å². The number of aromatic nitrogens is 2. The minimum absolute atomic E-state index is 0.348. The summed E-state index contributed by atoms with van der Waals surface area (Å²) >= 11 is 0. The molecular formula is C15H23N3. The van der Waals surface area contributed by atoms with Gasteiger partial charge >= 0.3 is 0 Å². The zero-order valence-electron chi connectivity index (χ0n) is 11.8. The van der Waals surface area contributed by atoms with E-state index in [1.807, 2.05) is 0 Å². The molecular weight excluding hydrogens is 222 g/mol. The molecule has 0 amide bonds. The van der Waals surface area contributed by atoms with Gasteiger partial charge in [-0.3, -0.25) is 0 Å². The van der Waals surface area contributed by atoms with E-state index in [0.29, 0.717) is 12.0 Å². The molecule has 1 aromatic heterocycles. The highest BCUT2D eigenvalue weighted by molar-refractivity contribution is 5.76. The molecule has 0 spiro atoms. The maximum absolute atomic E-state index is 5.68. The summed E-state index contributed by atoms with van der Waals surface area (Å²) in [6.07, 6.45) is 2.17. The molecule has 18 heavy (non-hydrogen) atoms. The van der Waals surface area contributed by atoms with Crippen molar-refractivity contribution in [3.05, 3.63) is 29.6 Å². The molecule has 3 heteroatoms. The van der Waals surface area contributed by atoms with Gasteiger partial charge in [0.05, 0.1) is 11.0 Å². The lowest BCUT2D eigenvalue weighted by Gasteiger charge is -2.17. The summed E-state index contributed by atoms with van der Waals surface area (Å²) in [7, 11) is 2.09. The Labute approximate surface area is 109 Å². The highest BCUT2D eigenvalue weighted by Gasteiger charge is 2.14. The van der Waals surface area contributed by atoms with Crippen LogP contribution in [0.5, 0.6) is 0 Å². The van der Waals surface area contributed by atoms with Crippen molar-refractivity contribution >= 4 is 11.0 Å². The second-order valence-corrected chi connectivity index (χ2v) is 6.17. The monoisotopic (exact) mass is 245 g/mol. The van der Waals surface area contributed by atoms with Gasteiger partial charge in [0.1, 0.15) is 5.82 Å². The van der Waals surface area contributed by atoms with E-state index in [1.165, 1.54) is 5.52 Å². The molecule has 2 N–H and O–H groups in total. The minimum Gasteiger partial charge on any atom is -0.331 e. The van der Waals surface area contributed by atoms with E-state index >= 15 is 0 Å². The molecule has 0 radical (unpaired) electrons. The summed E-state index contributed by atoms with van der Waals surface area (Å²) < 4.78 is 2.19. The number of imidazole rings is 1. The van der Waals surface area contributed by atoms with Crippen LogP contribution in [0.25, 0.3) is 11.0 Å². The molecule has 0 unspecified atom stereocenters. The molecule has 2 rings (SSSR count). The molecule has 3 nitrogen and oxygen atoms in total. The summed E-state index contributed by atoms with van der Waals surface area (Å²) in [6.45, 7) is 7.38. The van der Waals surface area contributed by atoms with Crippen molar-refractivity contribution in [1.82, 2.24) is 9.55 Å². The number of nitrogens with two attached hydrogens (primary N) is 1. The van der Waals surface area contributed by atoms with Gasteiger partial charge in [-0.1, -0.05) is 26.8 Å². The van der Waals surface area contributed by atoms with Gasteiger partial charge in [-0.25, -0.2) is 4.98 Å². The highest BCUT2D eigenvalue weighted by atomic mass is 15.1. The second-order valence-electron chi connectivity index (χ2n) is 6.17. The van der Waals surface area contributed by atoms with Crippen LogP contribution in [0.3, 0.4) is 0 Å². The third-order valence-corrected chi connectivity index (χ3v) is 3.37. The Hall–Kier alpha value is -1.35. The number of hydrogen-bond acceptors (Lipinski definition) is 2. The van der Waals surface area contributed by atoms with Crippen LogP contribution < -0.4 is 5.73 Å². The van der Waals surface area contributed by atoms with Crippen LogP contribution in [0.1, 0.15) is 38.6 Å². The van der Waals surface area contributed by atoms with Crippen molar-refractivity contribution in [2.45, 2.75) is 40.2 Å². The first kappa shape index (κ1) is 13.1. The summed E-state index contributed by atoms with van der Waals surface area (Å²) in [4.78, 5) is 4.71. The molecule has 1 aromatic carbocycles. The van der Waals surface area contributed by atoms with E-state index in [-0.39, 0.29) is 0 Å². The average Bonchev–Trinajstić information content (AvgIpc) is 2.62. The largest absolute Gasteiger partial charge is 0.331 e. The number of benzene rings is 1. The molecule has 0 saturated heterocycles. The molecule has 0 bridgehead atoms. The van der Waals surface area contributed by atoms with Crippen molar-refractivity contribution in [2.24, 2.45) is 18.2 Å². The van der Waals surface area contributed by atoms with Crippen molar-refractivity contribution in [2.75, 3.05) is 0 Å². The molecule has 2 aromatic rings. The second kappa shape index (κ2) is 4.73. The van der Waals surface area contributed by atoms with E-state index in [9.17, 15) is 0 Å². The predicted molar refractivity (Wildman–Crippen MR) is 76.4 cm³/mol. The van der Waals surface area contributed by atoms with Crippen molar-refractivity contribution < 1.29 is 0 Å². The Morgan fingerprint density at radius 2 is 2.00 bits per heavy atom. The molecule has 0 saturated carbocycles. The molecule has 1 heterocycles. The number of fused-ring (bicyclic) bond motifs is 1. The third kappa shape index (κ3) is 2.72. The molecule has 0 atom stereocenters. The van der Waals surface area contributed by atoms with E-state index in [0.717, 1.165) is 29.7 Å². The number of aryl methyl sites for hydroxylation is 2. The Morgan fingerprint density at radius 1 is 1.28 bits per heavy atom. The maximum atomic E-state index is 5.68. The maximum Gasteiger partial charge on any atom is 0.109 e. The zero-order valence-corrected chi connectivity index (χ0v) is 11.8. The van der Waals surface area contributed by atoms with Crippen LogP contribution in [0.4, 0.5) is 0 Å². The Balaban J connectivity index is 2.32. The standard InChI is InChI=1S/C15H23N3/c1-15(2,3)8-7-14-17-12-6-5-11(10-16)9-13(12)18(14)4/h5-6,9H,7-8,10,16H2,1-4H3. The molecule has 0 aliphatic heterocycles. The van der Waals surface area contributed by atoms with Crippen LogP contribution in [0.15, 0.2) is 18.2 Å². The first-order chi connectivity index (χ1) is 8.40. The van der Waals surface area contributed by atoms with Gasteiger partial charge < -0.3 is 10.3 Å². The van der Waals surface area contributed by atoms with Crippen LogP contribution in [0.2, 0.25) is 0 Å². The summed E-state index contributed by atoms with van der Waals surface area (Å²) in [5.74, 6) is 1.16. The van der Waals surface area contributed by atoms with Gasteiger partial charge in [-0.05, 0) is 29.5 Å². The predicted octanol–water partition coefficient (Wildman–Crippen LogP) is 3.01. The van der Waals surface area contributed by atoms with E-state index < -0.39 is 0 Å². The minimum atomic E-state index is 0.348. The molecule has 0 aliphatic rings. The van der Waals surface area contributed by atoms with Gasteiger partial charge in [-0.15, -0.1) is 0 Å². The summed E-state index contributed by atoms with van der Waals surface area (Å²) in [5, 5.41) is 0. The van der Waals surface area contributed by atoms with Gasteiger partial charge in [0.15, 0.2) is 0 Å². The first-order valence-electron chi connectivity index (χ1n) is 6.55.